The lowest BCUT2D eigenvalue weighted by molar-refractivity contribution is 0.0933. The molecule has 0 radical (unpaired) electrons. The quantitative estimate of drug-likeness (QED) is 0.897. The van der Waals surface area contributed by atoms with Crippen molar-refractivity contribution < 1.29 is 4.79 Å². The number of amides is 1. The molecule has 2 aromatic rings. The largest absolute Gasteiger partial charge is 0.367 e. The summed E-state index contributed by atoms with van der Waals surface area (Å²) in [5.41, 5.74) is 3.00. The van der Waals surface area contributed by atoms with Crippen molar-refractivity contribution >= 4 is 5.91 Å². The molecule has 1 aliphatic carbocycles. The summed E-state index contributed by atoms with van der Waals surface area (Å²) >= 11 is 0. The van der Waals surface area contributed by atoms with Gasteiger partial charge in [-0.1, -0.05) is 6.07 Å². The third-order valence-corrected chi connectivity index (χ3v) is 4.10. The summed E-state index contributed by atoms with van der Waals surface area (Å²) in [5.74, 6) is -0.0477. The van der Waals surface area contributed by atoms with Crippen LogP contribution in [-0.2, 0) is 19.4 Å². The van der Waals surface area contributed by atoms with Gasteiger partial charge >= 0.3 is 0 Å². The van der Waals surface area contributed by atoms with Crippen molar-refractivity contribution in [3.63, 3.8) is 0 Å². The number of aromatic amines is 1. The van der Waals surface area contributed by atoms with E-state index >= 15 is 0 Å². The summed E-state index contributed by atoms with van der Waals surface area (Å²) in [7, 11) is 0. The van der Waals surface area contributed by atoms with Gasteiger partial charge in [-0.3, -0.25) is 9.59 Å². The second-order valence-electron chi connectivity index (χ2n) is 5.40. The number of nitrogens with one attached hydrogen (secondary N) is 2. The predicted molar refractivity (Wildman–Crippen MR) is 80.4 cm³/mol. The molecule has 0 aliphatic heterocycles. The van der Waals surface area contributed by atoms with Crippen molar-refractivity contribution in [2.75, 3.05) is 0 Å². The highest BCUT2D eigenvalue weighted by atomic mass is 16.1. The molecular formula is C16H19N3O2. The van der Waals surface area contributed by atoms with E-state index in [2.05, 4.69) is 10.3 Å². The van der Waals surface area contributed by atoms with Crippen LogP contribution in [0.3, 0.4) is 0 Å². The van der Waals surface area contributed by atoms with Crippen molar-refractivity contribution in [1.29, 1.82) is 0 Å². The maximum atomic E-state index is 12.1. The molecule has 1 atom stereocenters. The number of rotatable bonds is 3. The van der Waals surface area contributed by atoms with Crippen LogP contribution in [0.2, 0.25) is 0 Å². The fourth-order valence-corrected chi connectivity index (χ4v) is 3.03. The highest BCUT2D eigenvalue weighted by Crippen LogP contribution is 2.20. The minimum absolute atomic E-state index is 0.0477. The van der Waals surface area contributed by atoms with Gasteiger partial charge in [0.1, 0.15) is 0 Å². The first kappa shape index (κ1) is 13.7. The standard InChI is InChI=1S/C16H19N3O2/c1-2-19-14-5-4-13(9-11(14)3-6-15(19)20)18-16(21)12-7-8-17-10-12/h3,6-8,10,13,17H,2,4-5,9H2,1H3,(H,18,21). The van der Waals surface area contributed by atoms with E-state index in [-0.39, 0.29) is 17.5 Å². The first-order chi connectivity index (χ1) is 10.2. The fourth-order valence-electron chi connectivity index (χ4n) is 3.03. The van der Waals surface area contributed by atoms with Crippen LogP contribution in [0, 0.1) is 0 Å². The maximum Gasteiger partial charge on any atom is 0.253 e. The number of hydrogen-bond acceptors (Lipinski definition) is 2. The van der Waals surface area contributed by atoms with Crippen molar-refractivity contribution in [2.45, 2.75) is 38.8 Å². The van der Waals surface area contributed by atoms with Crippen LogP contribution in [0.5, 0.6) is 0 Å². The molecule has 2 N–H and O–H groups in total. The van der Waals surface area contributed by atoms with Gasteiger partial charge in [-0.25, -0.2) is 0 Å². The Balaban J connectivity index is 1.76. The fraction of sp³-hybridized carbons (Fsp3) is 0.375. The van der Waals surface area contributed by atoms with Crippen LogP contribution >= 0.6 is 0 Å². The van der Waals surface area contributed by atoms with Crippen LogP contribution < -0.4 is 10.9 Å². The highest BCUT2D eigenvalue weighted by molar-refractivity contribution is 5.94. The number of hydrogen-bond donors (Lipinski definition) is 2. The van der Waals surface area contributed by atoms with Crippen LogP contribution in [0.15, 0.2) is 35.4 Å². The van der Waals surface area contributed by atoms with Gasteiger partial charge in [0.25, 0.3) is 11.5 Å². The van der Waals surface area contributed by atoms with E-state index in [1.54, 1.807) is 24.5 Å². The second-order valence-corrected chi connectivity index (χ2v) is 5.40. The molecule has 0 saturated carbocycles. The van der Waals surface area contributed by atoms with Crippen molar-refractivity contribution in [2.24, 2.45) is 0 Å². The van der Waals surface area contributed by atoms with Gasteiger partial charge in [0.15, 0.2) is 0 Å². The van der Waals surface area contributed by atoms with Gasteiger partial charge in [0, 0.05) is 36.7 Å². The lowest BCUT2D eigenvalue weighted by Crippen LogP contribution is -2.40. The summed E-state index contributed by atoms with van der Waals surface area (Å²) in [6.45, 7) is 2.68. The average Bonchev–Trinajstić information content (AvgIpc) is 3.02. The molecule has 0 aromatic carbocycles. The summed E-state index contributed by atoms with van der Waals surface area (Å²) in [6.07, 6.45) is 5.92. The number of carbonyl (C=O) groups is 1. The molecule has 3 rings (SSSR count). The van der Waals surface area contributed by atoms with Crippen LogP contribution in [0.25, 0.3) is 0 Å². The number of nitrogens with zero attached hydrogens (tertiary/aromatic N) is 1. The molecule has 0 spiro atoms. The van der Waals surface area contributed by atoms with Gasteiger partial charge in [-0.2, -0.15) is 0 Å². The normalized spacial score (nSPS) is 17.3. The third kappa shape index (κ3) is 2.63. The van der Waals surface area contributed by atoms with Crippen molar-refractivity contribution in [3.8, 4) is 0 Å². The van der Waals surface area contributed by atoms with Crippen LogP contribution in [0.4, 0.5) is 0 Å². The molecule has 1 unspecified atom stereocenters. The van der Waals surface area contributed by atoms with E-state index in [1.165, 1.54) is 5.56 Å². The van der Waals surface area contributed by atoms with E-state index in [0.717, 1.165) is 25.0 Å². The van der Waals surface area contributed by atoms with Crippen molar-refractivity contribution in [3.05, 3.63) is 57.8 Å². The zero-order valence-corrected chi connectivity index (χ0v) is 12.1. The van der Waals surface area contributed by atoms with Gasteiger partial charge in [0.05, 0.1) is 5.56 Å². The Morgan fingerprint density at radius 1 is 1.43 bits per heavy atom. The van der Waals surface area contributed by atoms with Crippen LogP contribution in [-0.4, -0.2) is 21.5 Å². The Morgan fingerprint density at radius 2 is 2.29 bits per heavy atom. The number of fused-ring (bicyclic) bond motifs is 1. The number of H-pyrrole nitrogens is 1. The minimum atomic E-state index is -0.0477. The minimum Gasteiger partial charge on any atom is -0.367 e. The monoisotopic (exact) mass is 285 g/mol. The topological polar surface area (TPSA) is 66.9 Å². The molecule has 1 amide bonds. The Morgan fingerprint density at radius 3 is 3.00 bits per heavy atom. The second kappa shape index (κ2) is 5.60. The molecule has 0 fully saturated rings. The zero-order chi connectivity index (χ0) is 14.8. The SMILES string of the molecule is CCn1c2c(ccc1=O)CC(NC(=O)c1cc[nH]c1)CC2. The molecule has 5 heteroatoms. The predicted octanol–water partition coefficient (Wildman–Crippen LogP) is 1.48. The first-order valence-electron chi connectivity index (χ1n) is 7.34. The van der Waals surface area contributed by atoms with Crippen LogP contribution in [0.1, 0.15) is 35.0 Å². The molecule has 0 bridgehead atoms. The zero-order valence-electron chi connectivity index (χ0n) is 12.1. The van der Waals surface area contributed by atoms with E-state index in [9.17, 15) is 9.59 Å². The number of carbonyl (C=O) groups excluding carboxylic acids is 1. The van der Waals surface area contributed by atoms with Gasteiger partial charge in [-0.05, 0) is 37.8 Å². The summed E-state index contributed by atoms with van der Waals surface area (Å²) in [4.78, 5) is 26.8. The Hall–Kier alpha value is -2.30. The Labute approximate surface area is 123 Å². The molecule has 110 valence electrons. The van der Waals surface area contributed by atoms with E-state index < -0.39 is 0 Å². The molecule has 1 aliphatic rings. The van der Waals surface area contributed by atoms with Crippen molar-refractivity contribution in [1.82, 2.24) is 14.9 Å². The molecular weight excluding hydrogens is 266 g/mol. The summed E-state index contributed by atoms with van der Waals surface area (Å²) in [6, 6.07) is 5.42. The molecule has 21 heavy (non-hydrogen) atoms. The Bertz CT molecular complexity index is 701. The molecule has 2 aromatic heterocycles. The lowest BCUT2D eigenvalue weighted by Gasteiger charge is -2.27. The smallest absolute Gasteiger partial charge is 0.253 e. The van der Waals surface area contributed by atoms with Gasteiger partial charge in [0.2, 0.25) is 0 Å². The number of aromatic nitrogens is 2. The van der Waals surface area contributed by atoms with E-state index in [1.807, 2.05) is 17.6 Å². The highest BCUT2D eigenvalue weighted by Gasteiger charge is 2.22. The molecule has 2 heterocycles. The summed E-state index contributed by atoms with van der Waals surface area (Å²) < 4.78 is 1.83. The molecule has 0 saturated heterocycles. The van der Waals surface area contributed by atoms with E-state index in [4.69, 9.17) is 0 Å². The van der Waals surface area contributed by atoms with Gasteiger partial charge in [-0.15, -0.1) is 0 Å². The first-order valence-corrected chi connectivity index (χ1v) is 7.34. The lowest BCUT2D eigenvalue weighted by atomic mass is 9.91. The van der Waals surface area contributed by atoms with Gasteiger partial charge < -0.3 is 14.9 Å². The maximum absolute atomic E-state index is 12.1. The summed E-state index contributed by atoms with van der Waals surface area (Å²) in [5, 5.41) is 3.07. The Kier molecular flexibility index (Phi) is 3.64. The third-order valence-electron chi connectivity index (χ3n) is 4.10. The number of pyridine rings is 1. The average molecular weight is 285 g/mol. The van der Waals surface area contributed by atoms with E-state index in [0.29, 0.717) is 12.1 Å². The molecule has 5 nitrogen and oxygen atoms in total.